The van der Waals surface area contributed by atoms with E-state index in [0.29, 0.717) is 16.9 Å². The Kier molecular flexibility index (Phi) is 11.6. The molecule has 0 aliphatic carbocycles. The third-order valence-corrected chi connectivity index (χ3v) is 6.97. The van der Waals surface area contributed by atoms with E-state index >= 15 is 0 Å². The maximum atomic E-state index is 14.0. The van der Waals surface area contributed by atoms with Crippen LogP contribution in [0.25, 0.3) is 0 Å². The van der Waals surface area contributed by atoms with E-state index in [0.717, 1.165) is 4.90 Å². The number of piperazine rings is 1. The first-order chi connectivity index (χ1) is 21.2. The summed E-state index contributed by atoms with van der Waals surface area (Å²) in [6.45, 7) is -1.18. The summed E-state index contributed by atoms with van der Waals surface area (Å²) in [6.07, 6.45) is -5.04. The summed E-state index contributed by atoms with van der Waals surface area (Å²) < 4.78 is 46.5. The van der Waals surface area contributed by atoms with Gasteiger partial charge in [-0.2, -0.15) is 13.2 Å². The number of nitrogen functional groups attached to an aromatic ring is 1. The smallest absolute Gasteiger partial charge is 0.491 e. The number of rotatable bonds is 12. The van der Waals surface area contributed by atoms with Gasteiger partial charge in [0.1, 0.15) is 30.2 Å². The number of methoxy groups -OCH3 is 1. The predicted molar refractivity (Wildman–Crippen MR) is 153 cm³/mol. The molecule has 1 saturated heterocycles. The number of hydrogen-bond acceptors (Lipinski definition) is 9. The molecule has 0 aromatic heterocycles. The van der Waals surface area contributed by atoms with Gasteiger partial charge in [-0.05, 0) is 49.2 Å². The summed E-state index contributed by atoms with van der Waals surface area (Å²) in [5.41, 5.74) is 12.3. The Balaban J connectivity index is 1.85. The number of halogens is 3. The van der Waals surface area contributed by atoms with E-state index in [4.69, 9.17) is 21.6 Å². The standard InChI is InChI=1S/C29H33F3N6O7/c1-44-20-10-4-17(5-11-20)15-21(36-25(40)19-8-6-18(7-9-19)24(34)35)26(41)38-14-13-37(27(42)22(38)3-2-12-33)16-23(39)45-28(43)29(30,31)32/h4-11,21-22H,2-3,12-16,33H2,1H3,(H3,34,35)(H,36,40)/t21?,22-/m0/s1. The molecule has 2 aromatic carbocycles. The summed E-state index contributed by atoms with van der Waals surface area (Å²) in [4.78, 5) is 65.8. The van der Waals surface area contributed by atoms with Crippen LogP contribution in [-0.2, 0) is 30.3 Å². The third-order valence-electron chi connectivity index (χ3n) is 6.97. The quantitative estimate of drug-likeness (QED) is 0.113. The molecule has 6 N–H and O–H groups in total. The van der Waals surface area contributed by atoms with Gasteiger partial charge in [-0.3, -0.25) is 19.8 Å². The Bertz CT molecular complexity index is 1420. The first-order valence-corrected chi connectivity index (χ1v) is 13.7. The Labute approximate surface area is 256 Å². The molecule has 16 heteroatoms. The molecule has 1 aliphatic heterocycles. The van der Waals surface area contributed by atoms with E-state index < -0.39 is 54.5 Å². The Morgan fingerprint density at radius 1 is 1.04 bits per heavy atom. The van der Waals surface area contributed by atoms with Crippen molar-refractivity contribution in [2.75, 3.05) is 33.3 Å². The molecule has 13 nitrogen and oxygen atoms in total. The highest BCUT2D eigenvalue weighted by atomic mass is 19.4. The Hall–Kier alpha value is -4.99. The topological polar surface area (TPSA) is 198 Å². The van der Waals surface area contributed by atoms with E-state index in [9.17, 15) is 37.1 Å². The summed E-state index contributed by atoms with van der Waals surface area (Å²) in [6, 6.07) is 10.3. The van der Waals surface area contributed by atoms with Gasteiger partial charge in [0.25, 0.3) is 5.91 Å². The van der Waals surface area contributed by atoms with Gasteiger partial charge in [-0.1, -0.05) is 24.3 Å². The van der Waals surface area contributed by atoms with Crippen LogP contribution in [0.15, 0.2) is 48.5 Å². The van der Waals surface area contributed by atoms with Crippen LogP contribution in [-0.4, -0.2) is 96.8 Å². The maximum Gasteiger partial charge on any atom is 0.491 e. The van der Waals surface area contributed by atoms with Crippen LogP contribution in [0.1, 0.15) is 34.3 Å². The van der Waals surface area contributed by atoms with Crippen molar-refractivity contribution in [3.05, 3.63) is 65.2 Å². The third kappa shape index (κ3) is 9.25. The largest absolute Gasteiger partial charge is 0.497 e. The Morgan fingerprint density at radius 2 is 1.67 bits per heavy atom. The molecule has 45 heavy (non-hydrogen) atoms. The lowest BCUT2D eigenvalue weighted by Gasteiger charge is -2.41. The first kappa shape index (κ1) is 34.5. The number of nitrogens with zero attached hydrogens (tertiary/aromatic N) is 2. The lowest BCUT2D eigenvalue weighted by atomic mass is 9.99. The van der Waals surface area contributed by atoms with Crippen LogP contribution < -0.4 is 21.5 Å². The second kappa shape index (κ2) is 15.1. The van der Waals surface area contributed by atoms with Gasteiger partial charge in [0.2, 0.25) is 11.8 Å². The molecule has 0 spiro atoms. The second-order valence-electron chi connectivity index (χ2n) is 10.1. The van der Waals surface area contributed by atoms with Gasteiger partial charge in [0, 0.05) is 30.6 Å². The number of carbonyl (C=O) groups is 5. The number of carbonyl (C=O) groups excluding carboxylic acids is 5. The highest BCUT2D eigenvalue weighted by Crippen LogP contribution is 2.21. The second-order valence-corrected chi connectivity index (χ2v) is 10.1. The first-order valence-electron chi connectivity index (χ1n) is 13.7. The average Bonchev–Trinajstić information content (AvgIpc) is 3.00. The average molecular weight is 635 g/mol. The highest BCUT2D eigenvalue weighted by Gasteiger charge is 2.44. The zero-order valence-corrected chi connectivity index (χ0v) is 24.3. The fourth-order valence-corrected chi connectivity index (χ4v) is 4.64. The van der Waals surface area contributed by atoms with E-state index in [2.05, 4.69) is 10.1 Å². The van der Waals surface area contributed by atoms with Gasteiger partial charge in [0.15, 0.2) is 0 Å². The van der Waals surface area contributed by atoms with Crippen molar-refractivity contribution in [3.8, 4) is 5.75 Å². The summed E-state index contributed by atoms with van der Waals surface area (Å²) >= 11 is 0. The van der Waals surface area contributed by atoms with Gasteiger partial charge in [-0.15, -0.1) is 0 Å². The zero-order valence-electron chi connectivity index (χ0n) is 24.3. The van der Waals surface area contributed by atoms with Crippen molar-refractivity contribution in [2.24, 2.45) is 11.5 Å². The monoisotopic (exact) mass is 634 g/mol. The summed E-state index contributed by atoms with van der Waals surface area (Å²) in [5, 5.41) is 10.2. The molecule has 0 bridgehead atoms. The number of amides is 3. The van der Waals surface area contributed by atoms with Crippen LogP contribution in [0.4, 0.5) is 13.2 Å². The number of amidine groups is 1. The normalized spacial score (nSPS) is 15.7. The molecule has 0 radical (unpaired) electrons. The molecule has 242 valence electrons. The van der Waals surface area contributed by atoms with Crippen LogP contribution in [0.3, 0.4) is 0 Å². The fraction of sp³-hybridized carbons (Fsp3) is 0.379. The number of ether oxygens (including phenoxy) is 2. The minimum atomic E-state index is -5.40. The Morgan fingerprint density at radius 3 is 2.22 bits per heavy atom. The zero-order chi connectivity index (χ0) is 33.3. The molecule has 1 unspecified atom stereocenters. The minimum absolute atomic E-state index is 0.0178. The van der Waals surface area contributed by atoms with E-state index in [-0.39, 0.29) is 50.3 Å². The van der Waals surface area contributed by atoms with Crippen LogP contribution in [0, 0.1) is 5.41 Å². The van der Waals surface area contributed by atoms with Crippen molar-refractivity contribution in [1.82, 2.24) is 15.1 Å². The SMILES string of the molecule is COc1ccc(CC(NC(=O)c2ccc(C(=N)N)cc2)C(=O)N2CCN(CC(=O)OC(=O)C(F)(F)F)C(=O)[C@@H]2CCCN)cc1. The maximum absolute atomic E-state index is 14.0. The highest BCUT2D eigenvalue weighted by molar-refractivity contribution is 6.00. The van der Waals surface area contributed by atoms with Crippen molar-refractivity contribution in [3.63, 3.8) is 0 Å². The molecule has 3 rings (SSSR count). The minimum Gasteiger partial charge on any atom is -0.497 e. The number of alkyl halides is 3. The molecule has 2 atom stereocenters. The van der Waals surface area contributed by atoms with Crippen molar-refractivity contribution >= 4 is 35.5 Å². The molecule has 3 amide bonds. The molecule has 1 aliphatic rings. The lowest BCUT2D eigenvalue weighted by molar-refractivity contribution is -0.202. The predicted octanol–water partition coefficient (Wildman–Crippen LogP) is 0.731. The van der Waals surface area contributed by atoms with Gasteiger partial charge < -0.3 is 36.1 Å². The number of nitrogens with two attached hydrogens (primary N) is 2. The number of esters is 2. The molecular formula is C29H33F3N6O7. The van der Waals surface area contributed by atoms with Gasteiger partial charge in [-0.25, -0.2) is 9.59 Å². The van der Waals surface area contributed by atoms with Crippen molar-refractivity contribution in [1.29, 1.82) is 5.41 Å². The van der Waals surface area contributed by atoms with E-state index in [1.165, 1.54) is 36.3 Å². The van der Waals surface area contributed by atoms with E-state index in [1.807, 2.05) is 0 Å². The molecule has 1 heterocycles. The van der Waals surface area contributed by atoms with Crippen molar-refractivity contribution in [2.45, 2.75) is 37.5 Å². The molecule has 0 saturated carbocycles. The van der Waals surface area contributed by atoms with Gasteiger partial charge >= 0.3 is 18.1 Å². The number of hydrogen-bond donors (Lipinski definition) is 4. The van der Waals surface area contributed by atoms with Crippen LogP contribution in [0.2, 0.25) is 0 Å². The van der Waals surface area contributed by atoms with Crippen LogP contribution >= 0.6 is 0 Å². The van der Waals surface area contributed by atoms with Crippen LogP contribution in [0.5, 0.6) is 5.75 Å². The summed E-state index contributed by atoms with van der Waals surface area (Å²) in [7, 11) is 1.49. The number of nitrogens with one attached hydrogen (secondary N) is 2. The van der Waals surface area contributed by atoms with Crippen molar-refractivity contribution < 1.29 is 46.6 Å². The van der Waals surface area contributed by atoms with E-state index in [1.54, 1.807) is 24.3 Å². The lowest BCUT2D eigenvalue weighted by Crippen LogP contribution is -2.63. The molecule has 1 fully saturated rings. The van der Waals surface area contributed by atoms with Gasteiger partial charge in [0.05, 0.1) is 7.11 Å². The fourth-order valence-electron chi connectivity index (χ4n) is 4.64. The number of benzene rings is 2. The summed E-state index contributed by atoms with van der Waals surface area (Å²) in [5.74, 6) is -5.90. The molecular weight excluding hydrogens is 601 g/mol. The molecule has 2 aromatic rings.